The van der Waals surface area contributed by atoms with Crippen molar-refractivity contribution >= 4 is 22.6 Å². The van der Waals surface area contributed by atoms with E-state index in [1.807, 2.05) is 24.3 Å². The molecule has 7 heteroatoms. The molecule has 166 valence electrons. The third-order valence-corrected chi connectivity index (χ3v) is 5.22. The number of nitrogens with one attached hydrogen (secondary N) is 1. The molecule has 0 aliphatic rings. The van der Waals surface area contributed by atoms with Gasteiger partial charge in [-0.25, -0.2) is 0 Å². The number of rotatable bonds is 9. The Kier molecular flexibility index (Phi) is 9.64. The van der Waals surface area contributed by atoms with E-state index in [0.717, 1.165) is 16.3 Å². The van der Waals surface area contributed by atoms with E-state index in [1.54, 1.807) is 38.1 Å². The number of carboxylic acid groups (broad SMARTS) is 1. The van der Waals surface area contributed by atoms with Gasteiger partial charge in [-0.1, -0.05) is 68.4 Å². The minimum atomic E-state index is -0.984. The van der Waals surface area contributed by atoms with Crippen molar-refractivity contribution in [3.05, 3.63) is 84.0 Å². The summed E-state index contributed by atoms with van der Waals surface area (Å²) in [6, 6.07) is 20.7. The van der Waals surface area contributed by atoms with Gasteiger partial charge in [0.05, 0.1) is 11.7 Å². The third-order valence-electron chi connectivity index (χ3n) is 5.22. The summed E-state index contributed by atoms with van der Waals surface area (Å²) in [6.45, 7) is 3.88. The molecule has 3 rings (SSSR count). The predicted molar refractivity (Wildman–Crippen MR) is 118 cm³/mol. The van der Waals surface area contributed by atoms with Crippen molar-refractivity contribution in [1.82, 2.24) is 5.32 Å². The molecule has 0 aromatic heterocycles. The Bertz CT molecular complexity index is 1050. The molecule has 0 saturated carbocycles. The minimum absolute atomic E-state index is 0. The Morgan fingerprint density at radius 1 is 1.00 bits per heavy atom. The molecule has 3 aromatic carbocycles. The summed E-state index contributed by atoms with van der Waals surface area (Å²) >= 11 is 0. The molecule has 0 heterocycles. The number of aliphatic carboxylic acids is 1. The van der Waals surface area contributed by atoms with Crippen LogP contribution in [0, 0.1) is 49.1 Å². The van der Waals surface area contributed by atoms with Crippen molar-refractivity contribution in [2.45, 2.75) is 20.5 Å². The maximum atomic E-state index is 12.2. The van der Waals surface area contributed by atoms with Gasteiger partial charge in [0, 0.05) is 43.8 Å². The van der Waals surface area contributed by atoms with Gasteiger partial charge >= 0.3 is 5.97 Å². The zero-order valence-electron chi connectivity index (χ0n) is 18.0. The molecule has 0 saturated heterocycles. The number of benzene rings is 3. The number of amides is 1. The molecule has 0 aliphatic carbocycles. The van der Waals surface area contributed by atoms with E-state index in [9.17, 15) is 19.8 Å². The first-order valence-corrected chi connectivity index (χ1v) is 10.1. The molecule has 1 unspecified atom stereocenters. The SMILES string of the molecule is CC(C)C(CNC(=O)[C-](O)c1ccc(OCc2cccc3ccccc23)cc1)C(=O)O.[U]. The second-order valence-electron chi connectivity index (χ2n) is 7.70. The molecule has 0 fully saturated rings. The van der Waals surface area contributed by atoms with Crippen LogP contribution in [0.3, 0.4) is 0 Å². The molecular weight excluding hydrogens is 632 g/mol. The Balaban J connectivity index is 0.00000363. The number of carbonyl (C=O) groups is 2. The van der Waals surface area contributed by atoms with Crippen LogP contribution in [0.5, 0.6) is 5.75 Å². The Hall–Kier alpha value is -2.46. The van der Waals surface area contributed by atoms with Crippen LogP contribution in [0.25, 0.3) is 10.8 Å². The quantitative estimate of drug-likeness (QED) is 0.301. The largest absolute Gasteiger partial charge is 0.491 e. The number of aliphatic hydroxyl groups is 1. The monoisotopic (exact) mass is 658 g/mol. The second kappa shape index (κ2) is 12.0. The zero-order chi connectivity index (χ0) is 22.4. The molecular formula is C25H26NO5U-. The van der Waals surface area contributed by atoms with Gasteiger partial charge in [-0.15, -0.1) is 0 Å². The summed E-state index contributed by atoms with van der Waals surface area (Å²) in [5.41, 5.74) is 1.39. The normalized spacial score (nSPS) is 11.5. The van der Waals surface area contributed by atoms with Crippen LogP contribution in [0.4, 0.5) is 0 Å². The summed E-state index contributed by atoms with van der Waals surface area (Å²) < 4.78 is 5.87. The molecule has 6 nitrogen and oxygen atoms in total. The molecule has 0 aliphatic heterocycles. The van der Waals surface area contributed by atoms with E-state index in [2.05, 4.69) is 23.5 Å². The van der Waals surface area contributed by atoms with Gasteiger partial charge in [0.15, 0.2) is 0 Å². The number of hydrogen-bond donors (Lipinski definition) is 3. The Labute approximate surface area is 211 Å². The van der Waals surface area contributed by atoms with Gasteiger partial charge in [-0.05, 0) is 22.3 Å². The van der Waals surface area contributed by atoms with E-state index in [-0.39, 0.29) is 43.6 Å². The van der Waals surface area contributed by atoms with Crippen LogP contribution in [0.1, 0.15) is 25.0 Å². The molecule has 0 radical (unpaired) electrons. The van der Waals surface area contributed by atoms with Gasteiger partial charge in [-0.3, -0.25) is 9.59 Å². The summed E-state index contributed by atoms with van der Waals surface area (Å²) in [5, 5.41) is 24.2. The molecule has 32 heavy (non-hydrogen) atoms. The standard InChI is InChI=1S/C25H26NO5.U/c1-16(2)22(25(29)30)14-26-24(28)23(27)18-10-12-20(13-11-18)31-15-19-8-5-7-17-6-3-4-9-21(17)19;/h3-13,16,22,27H,14-15H2,1-2H3,(H,26,28)(H,29,30);/q-1;. The van der Waals surface area contributed by atoms with Gasteiger partial charge in [0.25, 0.3) is 0 Å². The van der Waals surface area contributed by atoms with Crippen LogP contribution in [0.15, 0.2) is 66.7 Å². The van der Waals surface area contributed by atoms with E-state index >= 15 is 0 Å². The molecule has 3 aromatic rings. The maximum Gasteiger partial charge on any atom is 0.308 e. The van der Waals surface area contributed by atoms with Gasteiger partial charge < -0.3 is 20.3 Å². The van der Waals surface area contributed by atoms with E-state index in [0.29, 0.717) is 17.9 Å². The van der Waals surface area contributed by atoms with Crippen molar-refractivity contribution in [3.63, 3.8) is 0 Å². The molecule has 0 bridgehead atoms. The van der Waals surface area contributed by atoms with Crippen molar-refractivity contribution in [1.29, 1.82) is 0 Å². The molecule has 3 N–H and O–H groups in total. The first-order chi connectivity index (χ1) is 14.9. The van der Waals surface area contributed by atoms with E-state index in [4.69, 9.17) is 4.74 Å². The summed E-state index contributed by atoms with van der Waals surface area (Å²) in [5.74, 6) is -1.95. The molecule has 1 amide bonds. The number of fused-ring (bicyclic) bond motifs is 1. The van der Waals surface area contributed by atoms with Gasteiger partial charge in [-0.2, -0.15) is 17.7 Å². The molecule has 0 spiro atoms. The summed E-state index contributed by atoms with van der Waals surface area (Å²) in [6.07, 6.45) is -0.464. The van der Waals surface area contributed by atoms with Crippen molar-refractivity contribution in [2.24, 2.45) is 11.8 Å². The molecule has 1 atom stereocenters. The predicted octanol–water partition coefficient (Wildman–Crippen LogP) is 4.14. The first kappa shape index (κ1) is 25.8. The van der Waals surface area contributed by atoms with E-state index < -0.39 is 23.9 Å². The van der Waals surface area contributed by atoms with Crippen LogP contribution >= 0.6 is 0 Å². The number of ether oxygens (including phenoxy) is 1. The van der Waals surface area contributed by atoms with Crippen molar-refractivity contribution < 1.29 is 55.7 Å². The van der Waals surface area contributed by atoms with Crippen molar-refractivity contribution in [2.75, 3.05) is 6.54 Å². The third kappa shape index (κ3) is 6.52. The smallest absolute Gasteiger partial charge is 0.308 e. The van der Waals surface area contributed by atoms with Crippen LogP contribution in [0.2, 0.25) is 0 Å². The summed E-state index contributed by atoms with van der Waals surface area (Å²) in [4.78, 5) is 23.4. The van der Waals surface area contributed by atoms with Crippen molar-refractivity contribution in [3.8, 4) is 5.75 Å². The maximum absolute atomic E-state index is 12.2. The zero-order valence-corrected chi connectivity index (χ0v) is 22.2. The number of carboxylic acids is 1. The van der Waals surface area contributed by atoms with Gasteiger partial charge in [0.1, 0.15) is 6.61 Å². The number of carbonyl (C=O) groups excluding carboxylic acids is 1. The van der Waals surface area contributed by atoms with E-state index in [1.165, 1.54) is 0 Å². The van der Waals surface area contributed by atoms with Gasteiger partial charge in [0.2, 0.25) is 5.91 Å². The Morgan fingerprint density at radius 2 is 1.66 bits per heavy atom. The average molecular weight is 659 g/mol. The average Bonchev–Trinajstić information content (AvgIpc) is 2.77. The number of hydrogen-bond acceptors (Lipinski definition) is 4. The van der Waals surface area contributed by atoms with Crippen LogP contribution in [-0.4, -0.2) is 28.6 Å². The fourth-order valence-corrected chi connectivity index (χ4v) is 3.31. The van der Waals surface area contributed by atoms with Crippen LogP contribution in [-0.2, 0) is 16.2 Å². The Morgan fingerprint density at radius 3 is 2.31 bits per heavy atom. The number of aliphatic hydroxyl groups excluding tert-OH is 1. The summed E-state index contributed by atoms with van der Waals surface area (Å²) in [7, 11) is 0. The van der Waals surface area contributed by atoms with Crippen LogP contribution < -0.4 is 10.1 Å². The minimum Gasteiger partial charge on any atom is -0.491 e. The fourth-order valence-electron chi connectivity index (χ4n) is 3.31. The second-order valence-corrected chi connectivity index (χ2v) is 7.70. The topological polar surface area (TPSA) is 95.9 Å². The fraction of sp³-hybridized carbons (Fsp3) is 0.240. The first-order valence-electron chi connectivity index (χ1n) is 10.1.